The van der Waals surface area contributed by atoms with E-state index < -0.39 is 0 Å². The van der Waals surface area contributed by atoms with E-state index in [1.165, 1.54) is 12.8 Å². The van der Waals surface area contributed by atoms with E-state index in [1.807, 2.05) is 11.6 Å². The Morgan fingerprint density at radius 1 is 1.57 bits per heavy atom. The molecule has 0 aromatic carbocycles. The highest BCUT2D eigenvalue weighted by Crippen LogP contribution is 2.24. The minimum absolute atomic E-state index is 0.633. The van der Waals surface area contributed by atoms with Gasteiger partial charge >= 0.3 is 0 Å². The summed E-state index contributed by atoms with van der Waals surface area (Å²) < 4.78 is 2.82. The Morgan fingerprint density at radius 2 is 2.21 bits per heavy atom. The molecular formula is C10H18BrN3. The van der Waals surface area contributed by atoms with Crippen molar-refractivity contribution in [3.05, 3.63) is 10.2 Å². The van der Waals surface area contributed by atoms with Gasteiger partial charge in [-0.2, -0.15) is 5.10 Å². The topological polar surface area (TPSA) is 43.8 Å². The second-order valence-corrected chi connectivity index (χ2v) is 4.65. The van der Waals surface area contributed by atoms with Gasteiger partial charge < -0.3 is 5.73 Å². The first kappa shape index (κ1) is 11.6. The first-order chi connectivity index (χ1) is 6.56. The third-order valence-electron chi connectivity index (χ3n) is 2.36. The first-order valence-corrected chi connectivity index (χ1v) is 5.84. The van der Waals surface area contributed by atoms with E-state index >= 15 is 0 Å². The second kappa shape index (κ2) is 4.82. The highest BCUT2D eigenvalue weighted by Gasteiger charge is 2.11. The van der Waals surface area contributed by atoms with Gasteiger partial charge in [0.05, 0.1) is 10.2 Å². The highest BCUT2D eigenvalue weighted by molar-refractivity contribution is 9.10. The van der Waals surface area contributed by atoms with E-state index in [4.69, 9.17) is 5.73 Å². The summed E-state index contributed by atoms with van der Waals surface area (Å²) in [5.41, 5.74) is 6.87. The van der Waals surface area contributed by atoms with Crippen molar-refractivity contribution in [3.63, 3.8) is 0 Å². The smallest absolute Gasteiger partial charge is 0.136 e. The lowest BCUT2D eigenvalue weighted by atomic mass is 10.1. The van der Waals surface area contributed by atoms with Gasteiger partial charge in [-0.25, -0.2) is 4.68 Å². The zero-order valence-corrected chi connectivity index (χ0v) is 10.6. The lowest BCUT2D eigenvalue weighted by Crippen LogP contribution is -2.11. The highest BCUT2D eigenvalue weighted by atomic mass is 79.9. The van der Waals surface area contributed by atoms with Crippen LogP contribution in [0.15, 0.2) is 4.47 Å². The predicted octanol–water partition coefficient (Wildman–Crippen LogP) is 2.97. The van der Waals surface area contributed by atoms with Crippen LogP contribution in [0, 0.1) is 12.8 Å². The Bertz CT molecular complexity index is 307. The standard InChI is InChI=1S/C10H18BrN3/c1-4-5-7(2)6-14-10(12)9(11)8(3)13-14/h7H,4-6,12H2,1-3H3. The molecule has 1 aromatic heterocycles. The van der Waals surface area contributed by atoms with Crippen molar-refractivity contribution in [3.8, 4) is 0 Å². The van der Waals surface area contributed by atoms with Crippen LogP contribution >= 0.6 is 15.9 Å². The molecule has 1 heterocycles. The van der Waals surface area contributed by atoms with Crippen LogP contribution in [0.2, 0.25) is 0 Å². The van der Waals surface area contributed by atoms with Crippen molar-refractivity contribution in [1.82, 2.24) is 9.78 Å². The van der Waals surface area contributed by atoms with E-state index in [2.05, 4.69) is 34.9 Å². The molecule has 0 radical (unpaired) electrons. The number of aryl methyl sites for hydroxylation is 1. The van der Waals surface area contributed by atoms with Gasteiger partial charge in [0.2, 0.25) is 0 Å². The summed E-state index contributed by atoms with van der Waals surface area (Å²) in [6, 6.07) is 0. The van der Waals surface area contributed by atoms with Crippen LogP contribution < -0.4 is 5.73 Å². The minimum Gasteiger partial charge on any atom is -0.383 e. The average molecular weight is 260 g/mol. The second-order valence-electron chi connectivity index (χ2n) is 3.86. The monoisotopic (exact) mass is 259 g/mol. The van der Waals surface area contributed by atoms with Gasteiger partial charge in [-0.05, 0) is 35.2 Å². The number of anilines is 1. The summed E-state index contributed by atoms with van der Waals surface area (Å²) in [6.07, 6.45) is 2.43. The van der Waals surface area contributed by atoms with Crippen molar-refractivity contribution in [1.29, 1.82) is 0 Å². The number of nitrogens with two attached hydrogens (primary N) is 1. The van der Waals surface area contributed by atoms with Crippen molar-refractivity contribution < 1.29 is 0 Å². The first-order valence-electron chi connectivity index (χ1n) is 5.04. The summed E-state index contributed by atoms with van der Waals surface area (Å²) in [7, 11) is 0. The van der Waals surface area contributed by atoms with E-state index in [-0.39, 0.29) is 0 Å². The van der Waals surface area contributed by atoms with Gasteiger partial charge in [-0.3, -0.25) is 0 Å². The quantitative estimate of drug-likeness (QED) is 0.904. The Hall–Kier alpha value is -0.510. The van der Waals surface area contributed by atoms with Crippen LogP contribution in [0.25, 0.3) is 0 Å². The molecular weight excluding hydrogens is 242 g/mol. The Kier molecular flexibility index (Phi) is 3.98. The molecule has 1 unspecified atom stereocenters. The van der Waals surface area contributed by atoms with Gasteiger partial charge in [-0.15, -0.1) is 0 Å². The molecule has 4 heteroatoms. The third-order valence-corrected chi connectivity index (χ3v) is 3.34. The molecule has 1 rings (SSSR count). The number of nitrogens with zero attached hydrogens (tertiary/aromatic N) is 2. The fraction of sp³-hybridized carbons (Fsp3) is 0.700. The van der Waals surface area contributed by atoms with Gasteiger partial charge in [0, 0.05) is 6.54 Å². The minimum atomic E-state index is 0.633. The van der Waals surface area contributed by atoms with Crippen LogP contribution in [-0.4, -0.2) is 9.78 Å². The Labute approximate surface area is 93.8 Å². The van der Waals surface area contributed by atoms with Crippen LogP contribution in [-0.2, 0) is 6.54 Å². The average Bonchev–Trinajstić information content (AvgIpc) is 2.34. The zero-order chi connectivity index (χ0) is 10.7. The molecule has 0 fully saturated rings. The molecule has 2 N–H and O–H groups in total. The number of hydrogen-bond donors (Lipinski definition) is 1. The Morgan fingerprint density at radius 3 is 2.64 bits per heavy atom. The van der Waals surface area contributed by atoms with Gasteiger partial charge in [0.25, 0.3) is 0 Å². The van der Waals surface area contributed by atoms with E-state index in [9.17, 15) is 0 Å². The van der Waals surface area contributed by atoms with E-state index in [1.54, 1.807) is 0 Å². The van der Waals surface area contributed by atoms with E-state index in [0.717, 1.165) is 22.5 Å². The molecule has 1 aromatic rings. The fourth-order valence-electron chi connectivity index (χ4n) is 1.60. The number of aromatic nitrogens is 2. The summed E-state index contributed by atoms with van der Waals surface area (Å²) in [5, 5.41) is 4.38. The van der Waals surface area contributed by atoms with E-state index in [0.29, 0.717) is 5.92 Å². The number of hydrogen-bond acceptors (Lipinski definition) is 2. The van der Waals surface area contributed by atoms with Crippen LogP contribution in [0.3, 0.4) is 0 Å². The summed E-state index contributed by atoms with van der Waals surface area (Å²) >= 11 is 3.42. The van der Waals surface area contributed by atoms with Crippen LogP contribution in [0.1, 0.15) is 32.4 Å². The molecule has 0 spiro atoms. The van der Waals surface area contributed by atoms with Crippen molar-refractivity contribution in [2.24, 2.45) is 5.92 Å². The number of nitrogen functional groups attached to an aromatic ring is 1. The number of rotatable bonds is 4. The number of halogens is 1. The Balaban J connectivity index is 2.72. The molecule has 14 heavy (non-hydrogen) atoms. The van der Waals surface area contributed by atoms with Crippen molar-refractivity contribution in [2.75, 3.05) is 5.73 Å². The van der Waals surface area contributed by atoms with Crippen LogP contribution in [0.5, 0.6) is 0 Å². The molecule has 0 amide bonds. The maximum atomic E-state index is 5.90. The van der Waals surface area contributed by atoms with Crippen molar-refractivity contribution >= 4 is 21.7 Å². The molecule has 0 bridgehead atoms. The third kappa shape index (κ3) is 2.50. The van der Waals surface area contributed by atoms with Crippen LogP contribution in [0.4, 0.5) is 5.82 Å². The molecule has 0 aliphatic carbocycles. The fourth-order valence-corrected chi connectivity index (χ4v) is 1.88. The molecule has 0 saturated heterocycles. The maximum Gasteiger partial charge on any atom is 0.136 e. The lowest BCUT2D eigenvalue weighted by Gasteiger charge is -2.10. The van der Waals surface area contributed by atoms with Gasteiger partial charge in [0.1, 0.15) is 5.82 Å². The maximum absolute atomic E-state index is 5.90. The molecule has 0 saturated carbocycles. The largest absolute Gasteiger partial charge is 0.383 e. The summed E-state index contributed by atoms with van der Waals surface area (Å²) in [5.74, 6) is 1.37. The lowest BCUT2D eigenvalue weighted by molar-refractivity contribution is 0.423. The van der Waals surface area contributed by atoms with Gasteiger partial charge in [0.15, 0.2) is 0 Å². The zero-order valence-electron chi connectivity index (χ0n) is 9.05. The summed E-state index contributed by atoms with van der Waals surface area (Å²) in [6.45, 7) is 7.30. The van der Waals surface area contributed by atoms with Gasteiger partial charge in [-0.1, -0.05) is 20.3 Å². The predicted molar refractivity (Wildman–Crippen MR) is 63.1 cm³/mol. The molecule has 0 aliphatic rings. The molecule has 0 aliphatic heterocycles. The molecule has 80 valence electrons. The van der Waals surface area contributed by atoms with Crippen molar-refractivity contribution in [2.45, 2.75) is 40.2 Å². The normalized spacial score (nSPS) is 13.1. The molecule has 1 atom stereocenters. The SMILES string of the molecule is CCCC(C)Cn1nc(C)c(Br)c1N. The summed E-state index contributed by atoms with van der Waals surface area (Å²) in [4.78, 5) is 0. The molecule has 3 nitrogen and oxygen atoms in total.